The van der Waals surface area contributed by atoms with Crippen molar-refractivity contribution in [3.63, 3.8) is 0 Å². The maximum absolute atomic E-state index is 11.8. The lowest BCUT2D eigenvalue weighted by Gasteiger charge is -2.30. The van der Waals surface area contributed by atoms with Gasteiger partial charge in [0.1, 0.15) is 11.4 Å². The number of non-ortho nitro benzene ring substituents is 1. The number of alkyl carbamates (subject to hydrolysis) is 1. The third kappa shape index (κ3) is 5.72. The predicted molar refractivity (Wildman–Crippen MR) is 89.1 cm³/mol. The number of hydrogen-bond donors (Lipinski definition) is 1. The van der Waals surface area contributed by atoms with E-state index in [-0.39, 0.29) is 23.9 Å². The summed E-state index contributed by atoms with van der Waals surface area (Å²) in [6.45, 7) is 5.50. The average Bonchev–Trinajstić information content (AvgIpc) is 2.48. The van der Waals surface area contributed by atoms with Crippen molar-refractivity contribution in [2.24, 2.45) is 0 Å². The third-order valence-electron chi connectivity index (χ3n) is 3.75. The topological polar surface area (TPSA) is 90.7 Å². The maximum atomic E-state index is 11.8. The molecule has 24 heavy (non-hydrogen) atoms. The van der Waals surface area contributed by atoms with E-state index >= 15 is 0 Å². The normalized spacial score (nSPS) is 21.0. The molecule has 1 aliphatic carbocycles. The Morgan fingerprint density at radius 2 is 1.75 bits per heavy atom. The molecular formula is C17H24N2O5. The summed E-state index contributed by atoms with van der Waals surface area (Å²) in [7, 11) is 0. The molecule has 2 rings (SSSR count). The molecule has 0 unspecified atom stereocenters. The first-order chi connectivity index (χ1) is 11.2. The highest BCUT2D eigenvalue weighted by atomic mass is 16.6. The average molecular weight is 336 g/mol. The molecule has 1 saturated carbocycles. The van der Waals surface area contributed by atoms with Gasteiger partial charge in [-0.25, -0.2) is 4.79 Å². The number of nitro groups is 1. The Kier molecular flexibility index (Phi) is 5.64. The molecule has 1 amide bonds. The standard InChI is InChI=1S/C17H24N2O5/c1-17(2,3)24-16(20)18-12-4-8-14(9-5-12)23-15-10-6-13(7-11-15)19(21)22/h6-7,10-12,14H,4-5,8-9H2,1-3H3,(H,18,20). The summed E-state index contributed by atoms with van der Waals surface area (Å²) >= 11 is 0. The molecular weight excluding hydrogens is 312 g/mol. The molecule has 1 fully saturated rings. The molecule has 7 heteroatoms. The zero-order valence-corrected chi connectivity index (χ0v) is 14.3. The highest BCUT2D eigenvalue weighted by Gasteiger charge is 2.25. The van der Waals surface area contributed by atoms with Crippen molar-refractivity contribution in [2.75, 3.05) is 0 Å². The number of carbonyl (C=O) groups excluding carboxylic acids is 1. The summed E-state index contributed by atoms with van der Waals surface area (Å²) in [6.07, 6.45) is 2.94. The molecule has 0 bridgehead atoms. The number of nitro benzene ring substituents is 1. The van der Waals surface area contributed by atoms with Gasteiger partial charge in [0.15, 0.2) is 0 Å². The van der Waals surface area contributed by atoms with Crippen molar-refractivity contribution in [3.8, 4) is 5.75 Å². The Labute approximate surface area is 141 Å². The molecule has 0 heterocycles. The van der Waals surface area contributed by atoms with E-state index in [0.29, 0.717) is 5.75 Å². The number of hydrogen-bond acceptors (Lipinski definition) is 5. The minimum Gasteiger partial charge on any atom is -0.490 e. The van der Waals surface area contributed by atoms with Crippen LogP contribution in [0.4, 0.5) is 10.5 Å². The van der Waals surface area contributed by atoms with Crippen LogP contribution in [0.5, 0.6) is 5.75 Å². The second-order valence-electron chi connectivity index (χ2n) is 6.99. The van der Waals surface area contributed by atoms with Gasteiger partial charge in [0, 0.05) is 18.2 Å². The predicted octanol–water partition coefficient (Wildman–Crippen LogP) is 3.81. The van der Waals surface area contributed by atoms with Crippen LogP contribution in [0.25, 0.3) is 0 Å². The maximum Gasteiger partial charge on any atom is 0.407 e. The van der Waals surface area contributed by atoms with Crippen LogP contribution in [0, 0.1) is 10.1 Å². The van der Waals surface area contributed by atoms with Crippen molar-refractivity contribution >= 4 is 11.8 Å². The second-order valence-corrected chi connectivity index (χ2v) is 6.99. The van der Waals surface area contributed by atoms with Crippen LogP contribution in [-0.2, 0) is 4.74 Å². The monoisotopic (exact) mass is 336 g/mol. The lowest BCUT2D eigenvalue weighted by Crippen LogP contribution is -2.42. The molecule has 0 aromatic heterocycles. The fourth-order valence-corrected chi connectivity index (χ4v) is 2.64. The van der Waals surface area contributed by atoms with Crippen molar-refractivity contribution in [2.45, 2.75) is 64.2 Å². The molecule has 1 aromatic carbocycles. The lowest BCUT2D eigenvalue weighted by molar-refractivity contribution is -0.384. The van der Waals surface area contributed by atoms with Gasteiger partial charge in [-0.05, 0) is 58.6 Å². The third-order valence-corrected chi connectivity index (χ3v) is 3.75. The van der Waals surface area contributed by atoms with Crippen LogP contribution < -0.4 is 10.1 Å². The van der Waals surface area contributed by atoms with Crippen molar-refractivity contribution < 1.29 is 19.2 Å². The number of carbonyl (C=O) groups is 1. The van der Waals surface area contributed by atoms with Crippen LogP contribution in [-0.4, -0.2) is 28.8 Å². The number of ether oxygens (including phenoxy) is 2. The molecule has 1 aromatic rings. The van der Waals surface area contributed by atoms with Gasteiger partial charge in [0.25, 0.3) is 5.69 Å². The van der Waals surface area contributed by atoms with E-state index in [1.54, 1.807) is 12.1 Å². The molecule has 0 aliphatic heterocycles. The number of amides is 1. The van der Waals surface area contributed by atoms with Gasteiger partial charge >= 0.3 is 6.09 Å². The van der Waals surface area contributed by atoms with Crippen LogP contribution in [0.1, 0.15) is 46.5 Å². The van der Waals surface area contributed by atoms with Gasteiger partial charge < -0.3 is 14.8 Å². The van der Waals surface area contributed by atoms with Gasteiger partial charge in [0.05, 0.1) is 11.0 Å². The second kappa shape index (κ2) is 7.51. The van der Waals surface area contributed by atoms with Crippen molar-refractivity contribution in [1.29, 1.82) is 0 Å². The molecule has 0 saturated heterocycles. The number of rotatable bonds is 4. The summed E-state index contributed by atoms with van der Waals surface area (Å²) in [5.41, 5.74) is -0.451. The molecule has 1 N–H and O–H groups in total. The molecule has 0 spiro atoms. The Bertz CT molecular complexity index is 572. The summed E-state index contributed by atoms with van der Waals surface area (Å²) in [4.78, 5) is 22.0. The highest BCUT2D eigenvalue weighted by Crippen LogP contribution is 2.25. The molecule has 132 valence electrons. The Morgan fingerprint density at radius 1 is 1.17 bits per heavy atom. The smallest absolute Gasteiger partial charge is 0.407 e. The van der Waals surface area contributed by atoms with Gasteiger partial charge in [-0.15, -0.1) is 0 Å². The van der Waals surface area contributed by atoms with Crippen LogP contribution in [0.2, 0.25) is 0 Å². The van der Waals surface area contributed by atoms with Crippen LogP contribution in [0.3, 0.4) is 0 Å². The minimum absolute atomic E-state index is 0.0487. The van der Waals surface area contributed by atoms with Crippen LogP contribution in [0.15, 0.2) is 24.3 Å². The zero-order chi connectivity index (χ0) is 17.7. The first-order valence-corrected chi connectivity index (χ1v) is 8.13. The Morgan fingerprint density at radius 3 is 2.25 bits per heavy atom. The van der Waals surface area contributed by atoms with Crippen molar-refractivity contribution in [1.82, 2.24) is 5.32 Å². The van der Waals surface area contributed by atoms with E-state index in [1.165, 1.54) is 12.1 Å². The van der Waals surface area contributed by atoms with Crippen LogP contribution >= 0.6 is 0 Å². The summed E-state index contributed by atoms with van der Waals surface area (Å²) < 4.78 is 11.1. The Hall–Kier alpha value is -2.31. The van der Waals surface area contributed by atoms with E-state index in [1.807, 2.05) is 20.8 Å². The first-order valence-electron chi connectivity index (χ1n) is 8.13. The van der Waals surface area contributed by atoms with E-state index in [4.69, 9.17) is 9.47 Å². The Balaban J connectivity index is 1.76. The number of nitrogens with one attached hydrogen (secondary N) is 1. The summed E-state index contributed by atoms with van der Waals surface area (Å²) in [5, 5.41) is 13.5. The largest absolute Gasteiger partial charge is 0.490 e. The molecule has 7 nitrogen and oxygen atoms in total. The lowest BCUT2D eigenvalue weighted by atomic mass is 9.93. The fourth-order valence-electron chi connectivity index (χ4n) is 2.64. The molecule has 1 aliphatic rings. The fraction of sp³-hybridized carbons (Fsp3) is 0.588. The van der Waals surface area contributed by atoms with Gasteiger partial charge in [-0.1, -0.05) is 0 Å². The first kappa shape index (κ1) is 18.0. The van der Waals surface area contributed by atoms with E-state index < -0.39 is 10.5 Å². The summed E-state index contributed by atoms with van der Waals surface area (Å²) in [5.74, 6) is 0.629. The number of nitrogens with zero attached hydrogens (tertiary/aromatic N) is 1. The van der Waals surface area contributed by atoms with Gasteiger partial charge in [-0.3, -0.25) is 10.1 Å². The number of benzene rings is 1. The van der Waals surface area contributed by atoms with E-state index in [0.717, 1.165) is 25.7 Å². The van der Waals surface area contributed by atoms with E-state index in [2.05, 4.69) is 5.32 Å². The zero-order valence-electron chi connectivity index (χ0n) is 14.3. The van der Waals surface area contributed by atoms with E-state index in [9.17, 15) is 14.9 Å². The van der Waals surface area contributed by atoms with Crippen molar-refractivity contribution in [3.05, 3.63) is 34.4 Å². The molecule has 0 atom stereocenters. The van der Waals surface area contributed by atoms with Gasteiger partial charge in [0.2, 0.25) is 0 Å². The minimum atomic E-state index is -0.500. The highest BCUT2D eigenvalue weighted by molar-refractivity contribution is 5.68. The van der Waals surface area contributed by atoms with Gasteiger partial charge in [-0.2, -0.15) is 0 Å². The SMILES string of the molecule is CC(C)(C)OC(=O)NC1CCC(Oc2ccc([N+](=O)[O-])cc2)CC1. The molecule has 0 radical (unpaired) electrons. The summed E-state index contributed by atoms with van der Waals surface area (Å²) in [6, 6.07) is 6.19. The quantitative estimate of drug-likeness (QED) is 0.667.